The molecular formula is C25H26N4O5S. The van der Waals surface area contributed by atoms with Crippen molar-refractivity contribution in [2.24, 2.45) is 0 Å². The molecule has 0 spiro atoms. The average Bonchev–Trinajstić information content (AvgIpc) is 3.55. The van der Waals surface area contributed by atoms with Gasteiger partial charge in [-0.1, -0.05) is 19.1 Å². The van der Waals surface area contributed by atoms with Gasteiger partial charge in [0.25, 0.3) is 5.91 Å². The van der Waals surface area contributed by atoms with Gasteiger partial charge in [-0.3, -0.25) is 4.79 Å². The Kier molecular flexibility index (Phi) is 7.02. The second-order valence-corrected chi connectivity index (χ2v) is 10.2. The van der Waals surface area contributed by atoms with Gasteiger partial charge in [-0.05, 0) is 55.3 Å². The van der Waals surface area contributed by atoms with Crippen LogP contribution >= 0.6 is 0 Å². The molecule has 0 aliphatic heterocycles. The lowest BCUT2D eigenvalue weighted by molar-refractivity contribution is 0.102. The van der Waals surface area contributed by atoms with E-state index in [0.29, 0.717) is 22.9 Å². The van der Waals surface area contributed by atoms with Crippen LogP contribution in [0.3, 0.4) is 0 Å². The van der Waals surface area contributed by atoms with Gasteiger partial charge in [-0.25, -0.2) is 18.4 Å². The largest absolute Gasteiger partial charge is 0.467 e. The predicted octanol–water partition coefficient (Wildman–Crippen LogP) is 4.53. The fraction of sp³-hybridized carbons (Fsp3) is 0.240. The summed E-state index contributed by atoms with van der Waals surface area (Å²) in [5, 5.41) is 2.48. The Morgan fingerprint density at radius 3 is 2.26 bits per heavy atom. The number of amides is 1. The second kappa shape index (κ2) is 10.1. The van der Waals surface area contributed by atoms with Crippen LogP contribution in [-0.4, -0.2) is 30.0 Å². The van der Waals surface area contributed by atoms with Gasteiger partial charge in [0.05, 0.1) is 43.3 Å². The van der Waals surface area contributed by atoms with E-state index in [2.05, 4.69) is 15.3 Å². The fourth-order valence-electron chi connectivity index (χ4n) is 3.50. The van der Waals surface area contributed by atoms with Gasteiger partial charge in [-0.2, -0.15) is 0 Å². The highest BCUT2D eigenvalue weighted by molar-refractivity contribution is 7.91. The Hall–Kier alpha value is -3.92. The van der Waals surface area contributed by atoms with Gasteiger partial charge in [0.2, 0.25) is 15.0 Å². The molecule has 10 heteroatoms. The number of sulfone groups is 1. The molecule has 9 nitrogen and oxygen atoms in total. The van der Waals surface area contributed by atoms with E-state index < -0.39 is 20.9 Å². The zero-order valence-corrected chi connectivity index (χ0v) is 20.5. The summed E-state index contributed by atoms with van der Waals surface area (Å²) in [6.07, 6.45) is 4.48. The maximum absolute atomic E-state index is 13.5. The molecule has 0 fully saturated rings. The summed E-state index contributed by atoms with van der Waals surface area (Å²) >= 11 is 0. The van der Waals surface area contributed by atoms with E-state index in [1.165, 1.54) is 13.1 Å². The number of carbonyl (C=O) groups is 1. The van der Waals surface area contributed by atoms with Gasteiger partial charge < -0.3 is 19.1 Å². The lowest BCUT2D eigenvalue weighted by Gasteiger charge is -2.24. The molecule has 3 aromatic heterocycles. The van der Waals surface area contributed by atoms with Crippen molar-refractivity contribution in [2.75, 3.05) is 16.0 Å². The van der Waals surface area contributed by atoms with Crippen LogP contribution in [0.15, 0.2) is 75.2 Å². The van der Waals surface area contributed by atoms with Crippen molar-refractivity contribution >= 4 is 27.1 Å². The van der Waals surface area contributed by atoms with E-state index in [-0.39, 0.29) is 24.5 Å². The maximum atomic E-state index is 13.5. The van der Waals surface area contributed by atoms with Crippen LogP contribution < -0.4 is 10.2 Å². The number of aryl methyl sites for hydroxylation is 2. The number of nitrogens with zero attached hydrogens (tertiary/aromatic N) is 3. The van der Waals surface area contributed by atoms with Crippen molar-refractivity contribution in [3.05, 3.63) is 89.5 Å². The fourth-order valence-corrected chi connectivity index (χ4v) is 4.20. The van der Waals surface area contributed by atoms with E-state index in [1.54, 1.807) is 29.6 Å². The standard InChI is InChI=1S/C25H26N4O5S/c1-4-35(31,32)25-26-14-22(23(28-25)24(30)27-21-13-17(2)9-10-18(21)3)29(15-19-7-5-11-33-19)16-20-8-6-12-34-20/h5-14H,4,15-16H2,1-3H3,(H,27,30). The van der Waals surface area contributed by atoms with E-state index >= 15 is 0 Å². The third kappa shape index (κ3) is 5.60. The number of rotatable bonds is 9. The molecule has 0 aliphatic rings. The molecule has 0 aliphatic carbocycles. The Labute approximate surface area is 203 Å². The van der Waals surface area contributed by atoms with Crippen LogP contribution in [0.4, 0.5) is 11.4 Å². The molecule has 35 heavy (non-hydrogen) atoms. The first kappa shape index (κ1) is 24.2. The number of benzene rings is 1. The van der Waals surface area contributed by atoms with Crippen LogP contribution in [0.25, 0.3) is 0 Å². The van der Waals surface area contributed by atoms with Gasteiger partial charge in [0.15, 0.2) is 5.69 Å². The number of hydrogen-bond acceptors (Lipinski definition) is 8. The lowest BCUT2D eigenvalue weighted by atomic mass is 10.1. The summed E-state index contributed by atoms with van der Waals surface area (Å²) in [5.41, 5.74) is 2.73. The van der Waals surface area contributed by atoms with E-state index in [9.17, 15) is 13.2 Å². The molecule has 0 saturated carbocycles. The Morgan fingerprint density at radius 2 is 1.69 bits per heavy atom. The molecule has 0 unspecified atom stereocenters. The molecule has 0 radical (unpaired) electrons. The molecule has 4 rings (SSSR count). The minimum atomic E-state index is -3.74. The van der Waals surface area contributed by atoms with Crippen molar-refractivity contribution < 1.29 is 22.0 Å². The summed E-state index contributed by atoms with van der Waals surface area (Å²) in [6.45, 7) is 5.86. The molecule has 1 amide bonds. The second-order valence-electron chi connectivity index (χ2n) is 8.08. The maximum Gasteiger partial charge on any atom is 0.276 e. The Bertz CT molecular complexity index is 1380. The zero-order chi connectivity index (χ0) is 25.0. The Balaban J connectivity index is 1.80. The van der Waals surface area contributed by atoms with Crippen LogP contribution in [0.1, 0.15) is 40.1 Å². The van der Waals surface area contributed by atoms with Gasteiger partial charge in [0.1, 0.15) is 11.5 Å². The van der Waals surface area contributed by atoms with E-state index in [0.717, 1.165) is 11.1 Å². The summed E-state index contributed by atoms with van der Waals surface area (Å²) in [7, 11) is -3.74. The number of nitrogens with one attached hydrogen (secondary N) is 1. The number of hydrogen-bond donors (Lipinski definition) is 1. The number of furan rings is 2. The van der Waals surface area contributed by atoms with Crippen molar-refractivity contribution in [1.29, 1.82) is 0 Å². The van der Waals surface area contributed by atoms with Crippen molar-refractivity contribution in [3.63, 3.8) is 0 Å². The van der Waals surface area contributed by atoms with Crippen molar-refractivity contribution in [2.45, 2.75) is 39.0 Å². The van der Waals surface area contributed by atoms with Gasteiger partial charge in [0, 0.05) is 5.69 Å². The summed E-state index contributed by atoms with van der Waals surface area (Å²) in [5.74, 6) is 0.547. The van der Waals surface area contributed by atoms with Crippen LogP contribution in [0.5, 0.6) is 0 Å². The molecule has 0 saturated heterocycles. The highest BCUT2D eigenvalue weighted by atomic mass is 32.2. The monoisotopic (exact) mass is 494 g/mol. The molecule has 4 aromatic rings. The van der Waals surface area contributed by atoms with E-state index in [1.807, 2.05) is 44.2 Å². The number of anilines is 2. The van der Waals surface area contributed by atoms with E-state index in [4.69, 9.17) is 8.83 Å². The third-order valence-electron chi connectivity index (χ3n) is 5.46. The molecule has 0 bridgehead atoms. The highest BCUT2D eigenvalue weighted by Gasteiger charge is 2.26. The van der Waals surface area contributed by atoms with Gasteiger partial charge >= 0.3 is 0 Å². The molecule has 3 heterocycles. The number of carbonyl (C=O) groups excluding carboxylic acids is 1. The minimum absolute atomic E-state index is 0.0638. The van der Waals surface area contributed by atoms with Crippen LogP contribution in [0, 0.1) is 13.8 Å². The lowest BCUT2D eigenvalue weighted by Crippen LogP contribution is -2.27. The average molecular weight is 495 g/mol. The molecular weight excluding hydrogens is 468 g/mol. The molecule has 1 N–H and O–H groups in total. The SMILES string of the molecule is CCS(=O)(=O)c1ncc(N(Cc2ccco2)Cc2ccco2)c(C(=O)Nc2cc(C)ccc2C)n1. The topological polar surface area (TPSA) is 119 Å². The first-order valence-corrected chi connectivity index (χ1v) is 12.7. The van der Waals surface area contributed by atoms with Crippen LogP contribution in [0.2, 0.25) is 0 Å². The number of aromatic nitrogens is 2. The smallest absolute Gasteiger partial charge is 0.276 e. The normalized spacial score (nSPS) is 11.4. The highest BCUT2D eigenvalue weighted by Crippen LogP contribution is 2.26. The van der Waals surface area contributed by atoms with Gasteiger partial charge in [-0.15, -0.1) is 0 Å². The first-order valence-electron chi connectivity index (χ1n) is 11.0. The minimum Gasteiger partial charge on any atom is -0.467 e. The molecule has 1 aromatic carbocycles. The third-order valence-corrected chi connectivity index (χ3v) is 6.97. The predicted molar refractivity (Wildman–Crippen MR) is 131 cm³/mol. The summed E-state index contributed by atoms with van der Waals surface area (Å²) in [6, 6.07) is 12.8. The Morgan fingerprint density at radius 1 is 1.03 bits per heavy atom. The van der Waals surface area contributed by atoms with Crippen molar-refractivity contribution in [3.8, 4) is 0 Å². The molecule has 182 valence electrons. The quantitative estimate of drug-likeness (QED) is 0.337. The zero-order valence-electron chi connectivity index (χ0n) is 19.7. The van der Waals surface area contributed by atoms with Crippen LogP contribution in [-0.2, 0) is 22.9 Å². The first-order chi connectivity index (χ1) is 16.8. The summed E-state index contributed by atoms with van der Waals surface area (Å²) in [4.78, 5) is 23.6. The van der Waals surface area contributed by atoms with Crippen molar-refractivity contribution in [1.82, 2.24) is 9.97 Å². The molecule has 0 atom stereocenters. The summed E-state index contributed by atoms with van der Waals surface area (Å²) < 4.78 is 36.1.